The second-order valence-corrected chi connectivity index (χ2v) is 3.09. The third kappa shape index (κ3) is 2.87. The number of nitrogens with two attached hydrogens (primary N) is 1. The molecule has 0 aliphatic rings. The highest BCUT2D eigenvalue weighted by atomic mass is 19.1. The third-order valence-electron chi connectivity index (χ3n) is 1.80. The standard InChI is InChI=1S/C11H10FN4/c1-7(14)10(6-13)11(15)16-9-4-2-3-8(12)5-9/h2-5,14H,1H3,(H2,15,16)/q-1. The SMILES string of the molecule is CC(=N)C(=C=[N-])C(N)=Nc1cccc(F)c1. The van der Waals surface area contributed by atoms with Gasteiger partial charge >= 0.3 is 0 Å². The second kappa shape index (κ2) is 5.00. The van der Waals surface area contributed by atoms with Crippen LogP contribution in [0.25, 0.3) is 5.41 Å². The van der Waals surface area contributed by atoms with Crippen molar-refractivity contribution in [2.24, 2.45) is 10.7 Å². The Balaban J connectivity index is 3.10. The minimum atomic E-state index is -0.431. The average Bonchev–Trinajstić information content (AvgIpc) is 2.17. The summed E-state index contributed by atoms with van der Waals surface area (Å²) in [5.41, 5.74) is 5.87. The van der Waals surface area contributed by atoms with E-state index >= 15 is 0 Å². The molecule has 0 bridgehead atoms. The topological polar surface area (TPSA) is 84.5 Å². The molecular weight excluding hydrogens is 207 g/mol. The van der Waals surface area contributed by atoms with Crippen molar-refractivity contribution in [1.82, 2.24) is 0 Å². The van der Waals surface area contributed by atoms with Gasteiger partial charge < -0.3 is 16.6 Å². The number of rotatable bonds is 3. The van der Waals surface area contributed by atoms with Crippen molar-refractivity contribution >= 4 is 23.1 Å². The van der Waals surface area contributed by atoms with E-state index in [0.717, 1.165) is 0 Å². The van der Waals surface area contributed by atoms with Gasteiger partial charge in [-0.1, -0.05) is 6.07 Å². The predicted octanol–water partition coefficient (Wildman–Crippen LogP) is 2.02. The van der Waals surface area contributed by atoms with Crippen LogP contribution in [0, 0.1) is 11.2 Å². The molecule has 1 aromatic carbocycles. The first kappa shape index (κ1) is 11.8. The zero-order chi connectivity index (χ0) is 12.1. The maximum Gasteiger partial charge on any atom is 0.139 e. The molecule has 82 valence electrons. The quantitative estimate of drug-likeness (QED) is 0.589. The Morgan fingerprint density at radius 3 is 2.75 bits per heavy atom. The number of amidine groups is 1. The molecule has 0 unspecified atom stereocenters. The van der Waals surface area contributed by atoms with E-state index in [1.54, 1.807) is 11.9 Å². The lowest BCUT2D eigenvalue weighted by atomic mass is 10.2. The molecule has 1 aromatic rings. The van der Waals surface area contributed by atoms with Crippen molar-refractivity contribution in [3.05, 3.63) is 41.1 Å². The summed E-state index contributed by atoms with van der Waals surface area (Å²) in [6.07, 6.45) is 0. The van der Waals surface area contributed by atoms with E-state index in [0.29, 0.717) is 5.69 Å². The molecule has 0 radical (unpaired) electrons. The van der Waals surface area contributed by atoms with E-state index in [9.17, 15) is 4.39 Å². The molecule has 16 heavy (non-hydrogen) atoms. The van der Waals surface area contributed by atoms with Crippen molar-refractivity contribution in [3.8, 4) is 0 Å². The summed E-state index contributed by atoms with van der Waals surface area (Å²) in [6.45, 7) is 1.44. The molecule has 0 saturated carbocycles. The Kier molecular flexibility index (Phi) is 3.69. The Hall–Kier alpha value is -2.26. The van der Waals surface area contributed by atoms with Gasteiger partial charge in [0, 0.05) is 5.71 Å². The molecule has 0 aliphatic carbocycles. The monoisotopic (exact) mass is 217 g/mol. The Morgan fingerprint density at radius 2 is 2.25 bits per heavy atom. The van der Waals surface area contributed by atoms with E-state index in [1.807, 2.05) is 0 Å². The number of nitrogens with one attached hydrogen (secondary N) is 1. The van der Waals surface area contributed by atoms with Crippen LogP contribution < -0.4 is 5.73 Å². The van der Waals surface area contributed by atoms with Gasteiger partial charge in [0.1, 0.15) is 11.7 Å². The number of aliphatic imine (C=N–C) groups is 1. The zero-order valence-corrected chi connectivity index (χ0v) is 8.66. The van der Waals surface area contributed by atoms with Crippen LogP contribution in [0.15, 0.2) is 34.8 Å². The van der Waals surface area contributed by atoms with Crippen LogP contribution >= 0.6 is 0 Å². The van der Waals surface area contributed by atoms with Crippen molar-refractivity contribution in [2.75, 3.05) is 0 Å². The lowest BCUT2D eigenvalue weighted by molar-refractivity contribution is 0.628. The van der Waals surface area contributed by atoms with E-state index in [1.165, 1.54) is 25.1 Å². The van der Waals surface area contributed by atoms with Crippen LogP contribution in [0.5, 0.6) is 0 Å². The fraction of sp³-hybridized carbons (Fsp3) is 0.0909. The minimum Gasteiger partial charge on any atom is -0.763 e. The molecule has 0 saturated heterocycles. The van der Waals surface area contributed by atoms with E-state index in [-0.39, 0.29) is 17.1 Å². The lowest BCUT2D eigenvalue weighted by Gasteiger charge is -2.03. The molecule has 5 heteroatoms. The first-order valence-electron chi connectivity index (χ1n) is 4.47. The maximum atomic E-state index is 12.8. The highest BCUT2D eigenvalue weighted by molar-refractivity contribution is 6.27. The molecule has 0 heterocycles. The molecule has 3 N–H and O–H groups in total. The molecule has 4 nitrogen and oxygen atoms in total. The van der Waals surface area contributed by atoms with E-state index in [2.05, 4.69) is 4.99 Å². The zero-order valence-electron chi connectivity index (χ0n) is 8.66. The number of halogens is 1. The molecular formula is C11H10FN4-. The summed E-state index contributed by atoms with van der Waals surface area (Å²) in [5.74, 6) is 1.26. The van der Waals surface area contributed by atoms with Crippen LogP contribution in [0.2, 0.25) is 0 Å². The van der Waals surface area contributed by atoms with Crippen LogP contribution in [-0.4, -0.2) is 17.4 Å². The summed E-state index contributed by atoms with van der Waals surface area (Å²) < 4.78 is 12.8. The van der Waals surface area contributed by atoms with Gasteiger partial charge in [-0.3, -0.25) is 5.87 Å². The smallest absolute Gasteiger partial charge is 0.139 e. The number of hydrogen-bond donors (Lipinski definition) is 2. The van der Waals surface area contributed by atoms with E-state index < -0.39 is 5.82 Å². The van der Waals surface area contributed by atoms with Crippen molar-refractivity contribution < 1.29 is 4.39 Å². The van der Waals surface area contributed by atoms with Crippen LogP contribution in [0.3, 0.4) is 0 Å². The average molecular weight is 217 g/mol. The van der Waals surface area contributed by atoms with Gasteiger partial charge in [-0.25, -0.2) is 9.38 Å². The number of nitrogens with zero attached hydrogens (tertiary/aromatic N) is 2. The van der Waals surface area contributed by atoms with Crippen molar-refractivity contribution in [2.45, 2.75) is 6.92 Å². The molecule has 0 aromatic heterocycles. The Bertz CT molecular complexity index is 498. The fourth-order valence-corrected chi connectivity index (χ4v) is 1.07. The first-order chi connectivity index (χ1) is 7.54. The summed E-state index contributed by atoms with van der Waals surface area (Å²) in [6, 6.07) is 5.53. The van der Waals surface area contributed by atoms with Gasteiger partial charge in [0.2, 0.25) is 0 Å². The van der Waals surface area contributed by atoms with Crippen LogP contribution in [0.4, 0.5) is 10.1 Å². The molecule has 0 atom stereocenters. The molecule has 0 spiro atoms. The van der Waals surface area contributed by atoms with Crippen molar-refractivity contribution in [1.29, 1.82) is 5.41 Å². The largest absolute Gasteiger partial charge is 0.763 e. The minimum absolute atomic E-state index is 0.00994. The summed E-state index contributed by atoms with van der Waals surface area (Å²) in [5, 5.41) is 16.0. The van der Waals surface area contributed by atoms with Gasteiger partial charge in [0.25, 0.3) is 0 Å². The van der Waals surface area contributed by atoms with Gasteiger partial charge in [0.15, 0.2) is 0 Å². The number of benzene rings is 1. The fourth-order valence-electron chi connectivity index (χ4n) is 1.07. The van der Waals surface area contributed by atoms with Crippen molar-refractivity contribution in [3.63, 3.8) is 0 Å². The Labute approximate surface area is 92.3 Å². The normalized spacial score (nSPS) is 10.8. The van der Waals surface area contributed by atoms with Gasteiger partial charge in [-0.05, 0) is 25.1 Å². The van der Waals surface area contributed by atoms with Gasteiger partial charge in [0.05, 0.1) is 11.3 Å². The number of hydrogen-bond acceptors (Lipinski definition) is 2. The van der Waals surface area contributed by atoms with Crippen LogP contribution in [0.1, 0.15) is 6.92 Å². The lowest BCUT2D eigenvalue weighted by Crippen LogP contribution is -2.19. The Morgan fingerprint density at radius 1 is 1.56 bits per heavy atom. The predicted molar refractivity (Wildman–Crippen MR) is 63.0 cm³/mol. The first-order valence-corrected chi connectivity index (χ1v) is 4.47. The van der Waals surface area contributed by atoms with Gasteiger partial charge in [-0.15, -0.1) is 0 Å². The molecule has 0 fully saturated rings. The summed E-state index contributed by atoms with van der Waals surface area (Å²) >= 11 is 0. The van der Waals surface area contributed by atoms with Crippen LogP contribution in [-0.2, 0) is 0 Å². The van der Waals surface area contributed by atoms with E-state index in [4.69, 9.17) is 16.6 Å². The highest BCUT2D eigenvalue weighted by Gasteiger charge is 2.03. The maximum absolute atomic E-state index is 12.8. The molecule has 0 aliphatic heterocycles. The van der Waals surface area contributed by atoms with Gasteiger partial charge in [-0.2, -0.15) is 0 Å². The summed E-state index contributed by atoms with van der Waals surface area (Å²) in [4.78, 5) is 3.87. The molecule has 1 rings (SSSR count). The molecule has 0 amide bonds. The summed E-state index contributed by atoms with van der Waals surface area (Å²) in [7, 11) is 0. The highest BCUT2D eigenvalue weighted by Crippen LogP contribution is 2.13. The third-order valence-corrected chi connectivity index (χ3v) is 1.80. The second-order valence-electron chi connectivity index (χ2n) is 3.09.